The van der Waals surface area contributed by atoms with Crippen LogP contribution in [0.3, 0.4) is 0 Å². The highest BCUT2D eigenvalue weighted by atomic mass is 19.3. The van der Waals surface area contributed by atoms with Crippen LogP contribution in [0.1, 0.15) is 23.4 Å². The van der Waals surface area contributed by atoms with Gasteiger partial charge in [-0.15, -0.1) is 15.3 Å². The molecule has 0 radical (unpaired) electrons. The van der Waals surface area contributed by atoms with E-state index in [-0.39, 0.29) is 18.1 Å². The summed E-state index contributed by atoms with van der Waals surface area (Å²) in [6.07, 6.45) is -2.53. The molecule has 1 aromatic carbocycles. The average Bonchev–Trinajstić information content (AvgIpc) is 3.22. The number of aromatic nitrogens is 5. The van der Waals surface area contributed by atoms with Gasteiger partial charge in [0.15, 0.2) is 5.82 Å². The van der Waals surface area contributed by atoms with E-state index in [1.165, 1.54) is 19.2 Å². The number of carbonyl (C=O) groups is 1. The highest BCUT2D eigenvalue weighted by Crippen LogP contribution is 2.22. The number of halogens is 2. The third-order valence-electron chi connectivity index (χ3n) is 5.31. The SMILES string of the molecule is COC(=O)[C@@H]1CN(c2ccc(OCc3c(C)nnn3-c3ccc(C(F)F)cc3)nn2)CCN1. The number of methoxy groups -OCH3 is 1. The minimum Gasteiger partial charge on any atom is -0.470 e. The molecule has 1 aliphatic heterocycles. The smallest absolute Gasteiger partial charge is 0.324 e. The number of piperazine rings is 1. The van der Waals surface area contributed by atoms with Crippen molar-refractivity contribution in [2.75, 3.05) is 31.6 Å². The minimum atomic E-state index is -2.53. The molecule has 3 heterocycles. The summed E-state index contributed by atoms with van der Waals surface area (Å²) in [6, 6.07) is 8.86. The van der Waals surface area contributed by atoms with Crippen LogP contribution in [0.5, 0.6) is 5.88 Å². The topological polar surface area (TPSA) is 107 Å². The van der Waals surface area contributed by atoms with Crippen molar-refractivity contribution in [1.82, 2.24) is 30.5 Å². The van der Waals surface area contributed by atoms with E-state index >= 15 is 0 Å². The standard InChI is InChI=1S/C21H23F2N7O3/c1-13-17(30(28-25-13)15-5-3-14(4-6-15)20(22)23)12-33-19-8-7-18(26-27-19)29-10-9-24-16(11-29)21(31)32-2/h3-8,16,20,24H,9-12H2,1-2H3/t16-/m0/s1. The van der Waals surface area contributed by atoms with E-state index in [4.69, 9.17) is 9.47 Å². The fourth-order valence-corrected chi connectivity index (χ4v) is 3.47. The lowest BCUT2D eigenvalue weighted by Crippen LogP contribution is -2.54. The Morgan fingerprint density at radius 1 is 1.18 bits per heavy atom. The molecule has 33 heavy (non-hydrogen) atoms. The number of rotatable bonds is 7. The maximum atomic E-state index is 12.8. The normalized spacial score (nSPS) is 16.2. The summed E-state index contributed by atoms with van der Waals surface area (Å²) in [5.74, 6) is 0.607. The van der Waals surface area contributed by atoms with Crippen LogP contribution >= 0.6 is 0 Å². The van der Waals surface area contributed by atoms with Gasteiger partial charge in [-0.2, -0.15) is 0 Å². The van der Waals surface area contributed by atoms with Crippen LogP contribution in [0.25, 0.3) is 5.69 Å². The number of esters is 1. The zero-order valence-corrected chi connectivity index (χ0v) is 18.1. The first-order valence-electron chi connectivity index (χ1n) is 10.3. The third kappa shape index (κ3) is 5.06. The molecule has 0 saturated carbocycles. The second-order valence-corrected chi connectivity index (χ2v) is 7.42. The summed E-state index contributed by atoms with van der Waals surface area (Å²) in [6.45, 7) is 3.62. The summed E-state index contributed by atoms with van der Waals surface area (Å²) in [7, 11) is 1.36. The van der Waals surface area contributed by atoms with E-state index in [1.54, 1.807) is 35.9 Å². The average molecular weight is 459 g/mol. The van der Waals surface area contributed by atoms with Crippen LogP contribution in [-0.2, 0) is 16.1 Å². The molecule has 1 saturated heterocycles. The maximum Gasteiger partial charge on any atom is 0.324 e. The van der Waals surface area contributed by atoms with Gasteiger partial charge in [0.05, 0.1) is 18.5 Å². The Labute approximate surface area is 188 Å². The van der Waals surface area contributed by atoms with Crippen molar-refractivity contribution in [2.45, 2.75) is 26.0 Å². The number of nitrogens with one attached hydrogen (secondary N) is 1. The lowest BCUT2D eigenvalue weighted by atomic mass is 10.2. The van der Waals surface area contributed by atoms with Crippen molar-refractivity contribution in [3.8, 4) is 11.6 Å². The molecular formula is C21H23F2N7O3. The molecule has 1 aliphatic rings. The van der Waals surface area contributed by atoms with Crippen LogP contribution < -0.4 is 15.0 Å². The lowest BCUT2D eigenvalue weighted by Gasteiger charge is -2.32. The first kappa shape index (κ1) is 22.5. The number of alkyl halides is 2. The number of anilines is 1. The Morgan fingerprint density at radius 3 is 2.64 bits per heavy atom. The molecule has 10 nitrogen and oxygen atoms in total. The molecule has 0 bridgehead atoms. The molecule has 0 amide bonds. The predicted octanol–water partition coefficient (Wildman–Crippen LogP) is 1.83. The minimum absolute atomic E-state index is 0.0638. The zero-order valence-electron chi connectivity index (χ0n) is 18.1. The first-order chi connectivity index (χ1) is 16.0. The molecule has 3 aromatic rings. The van der Waals surface area contributed by atoms with Gasteiger partial charge in [0.2, 0.25) is 5.88 Å². The van der Waals surface area contributed by atoms with Gasteiger partial charge in [-0.3, -0.25) is 4.79 Å². The number of aryl methyl sites for hydroxylation is 1. The number of hydrogen-bond acceptors (Lipinski definition) is 9. The number of benzene rings is 1. The third-order valence-corrected chi connectivity index (χ3v) is 5.31. The fraction of sp³-hybridized carbons (Fsp3) is 0.381. The first-order valence-corrected chi connectivity index (χ1v) is 10.3. The number of carbonyl (C=O) groups excluding carboxylic acids is 1. The monoisotopic (exact) mass is 459 g/mol. The van der Waals surface area contributed by atoms with Crippen LogP contribution in [0.4, 0.5) is 14.6 Å². The molecular weight excluding hydrogens is 436 g/mol. The molecule has 0 unspecified atom stereocenters. The number of ether oxygens (including phenoxy) is 2. The summed E-state index contributed by atoms with van der Waals surface area (Å²) in [5.41, 5.74) is 1.84. The van der Waals surface area contributed by atoms with Crippen LogP contribution in [0.2, 0.25) is 0 Å². The van der Waals surface area contributed by atoms with Crippen molar-refractivity contribution in [2.24, 2.45) is 0 Å². The summed E-state index contributed by atoms with van der Waals surface area (Å²) in [4.78, 5) is 13.7. The van der Waals surface area contributed by atoms with Crippen molar-refractivity contribution in [3.05, 3.63) is 53.3 Å². The molecule has 1 fully saturated rings. The molecule has 1 N–H and O–H groups in total. The Kier molecular flexibility index (Phi) is 6.73. The summed E-state index contributed by atoms with van der Waals surface area (Å²) < 4.78 is 37.7. The highest BCUT2D eigenvalue weighted by Gasteiger charge is 2.27. The Morgan fingerprint density at radius 2 is 1.97 bits per heavy atom. The lowest BCUT2D eigenvalue weighted by molar-refractivity contribution is -0.143. The quantitative estimate of drug-likeness (QED) is 0.530. The molecule has 12 heteroatoms. The molecule has 2 aromatic heterocycles. The molecule has 4 rings (SSSR count). The van der Waals surface area contributed by atoms with E-state index in [0.717, 1.165) is 0 Å². The summed E-state index contributed by atoms with van der Waals surface area (Å²) >= 11 is 0. The van der Waals surface area contributed by atoms with Gasteiger partial charge in [0.1, 0.15) is 18.3 Å². The molecule has 0 spiro atoms. The van der Waals surface area contributed by atoms with E-state index < -0.39 is 12.5 Å². The predicted molar refractivity (Wildman–Crippen MR) is 113 cm³/mol. The van der Waals surface area contributed by atoms with Gasteiger partial charge in [-0.05, 0) is 25.1 Å². The van der Waals surface area contributed by atoms with Gasteiger partial charge in [-0.1, -0.05) is 17.3 Å². The van der Waals surface area contributed by atoms with Crippen LogP contribution in [-0.4, -0.2) is 63.9 Å². The fourth-order valence-electron chi connectivity index (χ4n) is 3.47. The van der Waals surface area contributed by atoms with Gasteiger partial charge < -0.3 is 19.7 Å². The van der Waals surface area contributed by atoms with E-state index in [2.05, 4.69) is 25.8 Å². The highest BCUT2D eigenvalue weighted by molar-refractivity contribution is 5.76. The number of nitrogens with zero attached hydrogens (tertiary/aromatic N) is 6. The second-order valence-electron chi connectivity index (χ2n) is 7.42. The van der Waals surface area contributed by atoms with Gasteiger partial charge >= 0.3 is 5.97 Å². The Balaban J connectivity index is 1.42. The molecule has 1 atom stereocenters. The van der Waals surface area contributed by atoms with E-state index in [9.17, 15) is 13.6 Å². The molecule has 174 valence electrons. The van der Waals surface area contributed by atoms with Gasteiger partial charge in [0.25, 0.3) is 6.43 Å². The van der Waals surface area contributed by atoms with Gasteiger partial charge in [-0.25, -0.2) is 13.5 Å². The Hall–Kier alpha value is -3.67. The second kappa shape index (κ2) is 9.86. The van der Waals surface area contributed by atoms with Crippen molar-refractivity contribution in [3.63, 3.8) is 0 Å². The van der Waals surface area contributed by atoms with E-state index in [1.807, 2.05) is 4.90 Å². The molecule has 0 aliphatic carbocycles. The van der Waals surface area contributed by atoms with Crippen LogP contribution in [0.15, 0.2) is 36.4 Å². The van der Waals surface area contributed by atoms with Crippen molar-refractivity contribution >= 4 is 11.8 Å². The van der Waals surface area contributed by atoms with Gasteiger partial charge in [0, 0.05) is 31.3 Å². The zero-order chi connectivity index (χ0) is 23.4. The maximum absolute atomic E-state index is 12.8. The van der Waals surface area contributed by atoms with E-state index in [0.29, 0.717) is 48.4 Å². The summed E-state index contributed by atoms with van der Waals surface area (Å²) in [5, 5.41) is 19.6. The van der Waals surface area contributed by atoms with Crippen molar-refractivity contribution in [1.29, 1.82) is 0 Å². The van der Waals surface area contributed by atoms with Crippen molar-refractivity contribution < 1.29 is 23.0 Å². The van der Waals surface area contributed by atoms with Crippen LogP contribution in [0, 0.1) is 6.92 Å². The Bertz CT molecular complexity index is 1090. The number of hydrogen-bond donors (Lipinski definition) is 1. The largest absolute Gasteiger partial charge is 0.470 e.